The van der Waals surface area contributed by atoms with Gasteiger partial charge in [-0.15, -0.1) is 0 Å². The van der Waals surface area contributed by atoms with Gasteiger partial charge in [0.05, 0.1) is 0 Å². The number of rotatable bonds is 7. The van der Waals surface area contributed by atoms with Gasteiger partial charge in [-0.3, -0.25) is 0 Å². The van der Waals surface area contributed by atoms with E-state index in [2.05, 4.69) is 117 Å². The summed E-state index contributed by atoms with van der Waals surface area (Å²) in [5.41, 5.74) is 6.51. The molecule has 1 aromatic carbocycles. The van der Waals surface area contributed by atoms with E-state index >= 15 is 0 Å². The van der Waals surface area contributed by atoms with Crippen molar-refractivity contribution in [2.75, 3.05) is 0 Å². The predicted molar refractivity (Wildman–Crippen MR) is 154 cm³/mol. The third kappa shape index (κ3) is 15.1. The highest BCUT2D eigenvalue weighted by Gasteiger charge is 2.21. The zero-order valence-electron chi connectivity index (χ0n) is 24.0. The van der Waals surface area contributed by atoms with Gasteiger partial charge in [0, 0.05) is 0 Å². The SMILES string of the molecule is C=C(C)\C(=C(C)/C=C\C=C/CC)c1ccc(C(C)C(C)(C)C)cc1.CC.CC.CCCC. The second-order valence-electron chi connectivity index (χ2n) is 8.74. The molecule has 0 saturated heterocycles. The molecule has 0 bridgehead atoms. The number of hydrogen-bond donors (Lipinski definition) is 0. The van der Waals surface area contributed by atoms with Crippen LogP contribution in [0.3, 0.4) is 0 Å². The molecular formula is C32H56. The first kappa shape index (κ1) is 34.8. The molecule has 0 aromatic heterocycles. The molecular weight excluding hydrogens is 384 g/mol. The van der Waals surface area contributed by atoms with Crippen molar-refractivity contribution < 1.29 is 0 Å². The topological polar surface area (TPSA) is 0 Å². The van der Waals surface area contributed by atoms with Crippen LogP contribution in [0.2, 0.25) is 0 Å². The van der Waals surface area contributed by atoms with Crippen LogP contribution in [0.1, 0.15) is 126 Å². The van der Waals surface area contributed by atoms with Gasteiger partial charge in [0.2, 0.25) is 0 Å². The molecule has 32 heavy (non-hydrogen) atoms. The summed E-state index contributed by atoms with van der Waals surface area (Å²) in [6, 6.07) is 9.01. The summed E-state index contributed by atoms with van der Waals surface area (Å²) in [6.07, 6.45) is 12.2. The van der Waals surface area contributed by atoms with Gasteiger partial charge in [-0.1, -0.05) is 150 Å². The van der Waals surface area contributed by atoms with Crippen molar-refractivity contribution in [3.05, 3.63) is 77.4 Å². The van der Waals surface area contributed by atoms with Crippen LogP contribution >= 0.6 is 0 Å². The first-order valence-electron chi connectivity index (χ1n) is 12.9. The maximum atomic E-state index is 4.18. The lowest BCUT2D eigenvalue weighted by atomic mass is 9.77. The highest BCUT2D eigenvalue weighted by atomic mass is 14.3. The van der Waals surface area contributed by atoms with Crippen molar-refractivity contribution in [1.29, 1.82) is 0 Å². The van der Waals surface area contributed by atoms with Gasteiger partial charge < -0.3 is 0 Å². The van der Waals surface area contributed by atoms with Crippen LogP contribution < -0.4 is 0 Å². The van der Waals surface area contributed by atoms with Crippen molar-refractivity contribution in [1.82, 2.24) is 0 Å². The Morgan fingerprint density at radius 2 is 1.34 bits per heavy atom. The monoisotopic (exact) mass is 440 g/mol. The molecule has 0 aliphatic carbocycles. The molecule has 0 spiro atoms. The van der Waals surface area contributed by atoms with Crippen molar-refractivity contribution in [2.24, 2.45) is 5.41 Å². The molecule has 1 atom stereocenters. The molecule has 0 amide bonds. The van der Waals surface area contributed by atoms with Crippen LogP contribution in [0, 0.1) is 5.41 Å². The maximum absolute atomic E-state index is 4.18. The standard InChI is InChI=1S/C24H34.C4H10.2C2H6/c1-9-10-11-12-13-19(4)23(18(2)3)22-16-14-21(15-17-22)20(5)24(6,7)8;1-3-4-2;2*1-2/h10-17,20H,2,9H2,1,3-8H3;3-4H2,1-2H3;2*1-2H3/b11-10-,13-12-,23-19+;;;. The van der Waals surface area contributed by atoms with E-state index in [0.29, 0.717) is 5.92 Å². The molecule has 0 nitrogen and oxygen atoms in total. The summed E-state index contributed by atoms with van der Waals surface area (Å²) >= 11 is 0. The molecule has 0 radical (unpaired) electrons. The molecule has 0 saturated carbocycles. The molecule has 0 heteroatoms. The van der Waals surface area contributed by atoms with E-state index in [1.54, 1.807) is 0 Å². The lowest BCUT2D eigenvalue weighted by Gasteiger charge is -2.28. The molecule has 0 aliphatic rings. The lowest BCUT2D eigenvalue weighted by Crippen LogP contribution is -2.15. The Kier molecular flexibility index (Phi) is 22.9. The Balaban J connectivity index is -0.000000920. The number of benzene rings is 1. The zero-order chi connectivity index (χ0) is 25.7. The molecule has 184 valence electrons. The smallest absolute Gasteiger partial charge is 0.0131 e. The lowest BCUT2D eigenvalue weighted by molar-refractivity contribution is 0.339. The van der Waals surface area contributed by atoms with Gasteiger partial charge >= 0.3 is 0 Å². The second-order valence-corrected chi connectivity index (χ2v) is 8.74. The summed E-state index contributed by atoms with van der Waals surface area (Å²) in [6.45, 7) is 32.1. The van der Waals surface area contributed by atoms with Crippen LogP contribution in [0.15, 0.2) is 66.3 Å². The number of allylic oxidation sites excluding steroid dienone is 7. The molecule has 1 unspecified atom stereocenters. The quantitative estimate of drug-likeness (QED) is 0.370. The van der Waals surface area contributed by atoms with E-state index in [0.717, 1.165) is 12.0 Å². The van der Waals surface area contributed by atoms with Gasteiger partial charge in [-0.05, 0) is 53.9 Å². The Morgan fingerprint density at radius 1 is 0.875 bits per heavy atom. The Hall–Kier alpha value is -1.82. The average Bonchev–Trinajstić information content (AvgIpc) is 2.79. The Bertz CT molecular complexity index is 655. The fourth-order valence-electron chi connectivity index (χ4n) is 2.75. The van der Waals surface area contributed by atoms with Gasteiger partial charge in [0.1, 0.15) is 0 Å². The number of hydrogen-bond acceptors (Lipinski definition) is 0. The third-order valence-corrected chi connectivity index (χ3v) is 5.15. The van der Waals surface area contributed by atoms with Gasteiger partial charge in [-0.25, -0.2) is 0 Å². The Labute approximate surface area is 203 Å². The Morgan fingerprint density at radius 3 is 1.69 bits per heavy atom. The van der Waals surface area contributed by atoms with Gasteiger partial charge in [0.15, 0.2) is 0 Å². The summed E-state index contributed by atoms with van der Waals surface area (Å²) in [7, 11) is 0. The van der Waals surface area contributed by atoms with Crippen molar-refractivity contribution >= 4 is 5.57 Å². The first-order chi connectivity index (χ1) is 15.1. The van der Waals surface area contributed by atoms with E-state index in [4.69, 9.17) is 0 Å². The highest BCUT2D eigenvalue weighted by molar-refractivity contribution is 5.81. The van der Waals surface area contributed by atoms with E-state index in [1.807, 2.05) is 27.7 Å². The predicted octanol–water partition coefficient (Wildman–Crippen LogP) is 11.6. The average molecular weight is 441 g/mol. The molecule has 0 aliphatic heterocycles. The van der Waals surface area contributed by atoms with Crippen molar-refractivity contribution in [3.63, 3.8) is 0 Å². The fourth-order valence-corrected chi connectivity index (χ4v) is 2.75. The molecule has 1 aromatic rings. The second kappa shape index (κ2) is 21.0. The third-order valence-electron chi connectivity index (χ3n) is 5.15. The number of unbranched alkanes of at least 4 members (excludes halogenated alkanes) is 1. The molecule has 0 fully saturated rings. The summed E-state index contributed by atoms with van der Waals surface area (Å²) in [5, 5.41) is 0. The van der Waals surface area contributed by atoms with Gasteiger partial charge in [-0.2, -0.15) is 0 Å². The minimum atomic E-state index is 0.277. The summed E-state index contributed by atoms with van der Waals surface area (Å²) in [4.78, 5) is 0. The molecule has 1 rings (SSSR count). The van der Waals surface area contributed by atoms with Crippen molar-refractivity contribution in [3.8, 4) is 0 Å². The van der Waals surface area contributed by atoms with E-state index in [-0.39, 0.29) is 5.41 Å². The van der Waals surface area contributed by atoms with Crippen molar-refractivity contribution in [2.45, 2.75) is 115 Å². The van der Waals surface area contributed by atoms with Crippen LogP contribution in [-0.2, 0) is 0 Å². The molecule has 0 heterocycles. The van der Waals surface area contributed by atoms with E-state index in [9.17, 15) is 0 Å². The fraction of sp³-hybridized carbons (Fsp3) is 0.562. The van der Waals surface area contributed by atoms with Crippen LogP contribution in [0.25, 0.3) is 5.57 Å². The van der Waals surface area contributed by atoms with Crippen LogP contribution in [-0.4, -0.2) is 0 Å². The zero-order valence-corrected chi connectivity index (χ0v) is 24.0. The highest BCUT2D eigenvalue weighted by Crippen LogP contribution is 2.35. The van der Waals surface area contributed by atoms with Gasteiger partial charge in [0.25, 0.3) is 0 Å². The van der Waals surface area contributed by atoms with Crippen LogP contribution in [0.4, 0.5) is 0 Å². The maximum Gasteiger partial charge on any atom is -0.0131 e. The largest absolute Gasteiger partial charge is 0.0955 e. The summed E-state index contributed by atoms with van der Waals surface area (Å²) in [5.74, 6) is 0.531. The minimum Gasteiger partial charge on any atom is -0.0955 e. The minimum absolute atomic E-state index is 0.277. The summed E-state index contributed by atoms with van der Waals surface area (Å²) < 4.78 is 0. The van der Waals surface area contributed by atoms with E-state index in [1.165, 1.54) is 35.1 Å². The molecule has 0 N–H and O–H groups in total. The normalized spacial score (nSPS) is 12.5. The van der Waals surface area contributed by atoms with E-state index < -0.39 is 0 Å². The van der Waals surface area contributed by atoms with Crippen LogP contribution in [0.5, 0.6) is 0 Å². The first-order valence-corrected chi connectivity index (χ1v) is 12.9.